The molecule has 0 saturated carbocycles. The van der Waals surface area contributed by atoms with E-state index in [1.54, 1.807) is 0 Å². The smallest absolute Gasteiger partial charge is 0.0406 e. The van der Waals surface area contributed by atoms with Gasteiger partial charge in [-0.05, 0) is 44.5 Å². The molecule has 102 valence electrons. The second kappa shape index (κ2) is 7.34. The number of rotatable bonds is 3. The van der Waals surface area contributed by atoms with E-state index < -0.39 is 0 Å². The van der Waals surface area contributed by atoms with Crippen molar-refractivity contribution >= 4 is 24.0 Å². The third kappa shape index (κ3) is 3.86. The zero-order chi connectivity index (χ0) is 12.3. The molecule has 1 heterocycles. The van der Waals surface area contributed by atoms with E-state index in [0.717, 1.165) is 5.02 Å². The fraction of sp³-hybridized carbons (Fsp3) is 0.571. The Morgan fingerprint density at radius 1 is 1.22 bits per heavy atom. The third-order valence-electron chi connectivity index (χ3n) is 3.84. The fourth-order valence-electron chi connectivity index (χ4n) is 2.53. The van der Waals surface area contributed by atoms with Crippen LogP contribution in [0.1, 0.15) is 31.4 Å². The Hall–Kier alpha value is -0.280. The molecule has 18 heavy (non-hydrogen) atoms. The highest BCUT2D eigenvalue weighted by atomic mass is 35.5. The minimum atomic E-state index is 0. The van der Waals surface area contributed by atoms with Gasteiger partial charge >= 0.3 is 0 Å². The van der Waals surface area contributed by atoms with Gasteiger partial charge in [-0.3, -0.25) is 4.90 Å². The van der Waals surface area contributed by atoms with Crippen molar-refractivity contribution in [1.82, 2.24) is 10.2 Å². The van der Waals surface area contributed by atoms with Gasteiger partial charge < -0.3 is 5.32 Å². The van der Waals surface area contributed by atoms with Crippen LogP contribution in [0.2, 0.25) is 5.02 Å². The van der Waals surface area contributed by atoms with Crippen molar-refractivity contribution in [3.63, 3.8) is 0 Å². The standard InChI is InChI=1S/C14H21ClN2.ClH/c1-11(12-3-5-13(15)6-4-12)17-9-7-14(16-2)8-10-17;/h3-6,11,14,16H,7-10H2,1-2H3;1H. The molecule has 0 aliphatic carbocycles. The highest BCUT2D eigenvalue weighted by Crippen LogP contribution is 2.25. The number of halogens is 2. The maximum Gasteiger partial charge on any atom is 0.0406 e. The van der Waals surface area contributed by atoms with Crippen LogP contribution < -0.4 is 5.32 Å². The van der Waals surface area contributed by atoms with E-state index in [1.807, 2.05) is 12.1 Å². The van der Waals surface area contributed by atoms with Crippen molar-refractivity contribution in [2.24, 2.45) is 0 Å². The molecule has 0 spiro atoms. The molecule has 2 nitrogen and oxygen atoms in total. The topological polar surface area (TPSA) is 15.3 Å². The van der Waals surface area contributed by atoms with Gasteiger partial charge in [-0.1, -0.05) is 23.7 Å². The Morgan fingerprint density at radius 2 is 1.78 bits per heavy atom. The van der Waals surface area contributed by atoms with E-state index in [-0.39, 0.29) is 12.4 Å². The molecule has 1 unspecified atom stereocenters. The Kier molecular flexibility index (Phi) is 6.44. The average molecular weight is 289 g/mol. The Morgan fingerprint density at radius 3 is 2.28 bits per heavy atom. The quantitative estimate of drug-likeness (QED) is 0.916. The Balaban J connectivity index is 0.00000162. The van der Waals surface area contributed by atoms with Crippen molar-refractivity contribution < 1.29 is 0 Å². The first-order valence-corrected chi connectivity index (χ1v) is 6.75. The summed E-state index contributed by atoms with van der Waals surface area (Å²) in [4.78, 5) is 2.55. The number of hydrogen-bond acceptors (Lipinski definition) is 2. The summed E-state index contributed by atoms with van der Waals surface area (Å²) in [5.74, 6) is 0. The fourth-order valence-corrected chi connectivity index (χ4v) is 2.65. The van der Waals surface area contributed by atoms with E-state index in [9.17, 15) is 0 Å². The monoisotopic (exact) mass is 288 g/mol. The van der Waals surface area contributed by atoms with Gasteiger partial charge in [0.05, 0.1) is 0 Å². The summed E-state index contributed by atoms with van der Waals surface area (Å²) >= 11 is 5.92. The van der Waals surface area contributed by atoms with Crippen LogP contribution in [0.5, 0.6) is 0 Å². The van der Waals surface area contributed by atoms with Gasteiger partial charge in [-0.25, -0.2) is 0 Å². The molecular weight excluding hydrogens is 267 g/mol. The largest absolute Gasteiger partial charge is 0.317 e. The summed E-state index contributed by atoms with van der Waals surface area (Å²) in [6.07, 6.45) is 2.49. The van der Waals surface area contributed by atoms with Gasteiger partial charge in [0.1, 0.15) is 0 Å². The maximum atomic E-state index is 5.92. The lowest BCUT2D eigenvalue weighted by molar-refractivity contribution is 0.155. The maximum absolute atomic E-state index is 5.92. The summed E-state index contributed by atoms with van der Waals surface area (Å²) in [6.45, 7) is 4.63. The number of benzene rings is 1. The van der Waals surface area contributed by atoms with Crippen molar-refractivity contribution in [2.75, 3.05) is 20.1 Å². The Bertz CT molecular complexity index is 345. The summed E-state index contributed by atoms with van der Waals surface area (Å²) in [7, 11) is 2.06. The zero-order valence-corrected chi connectivity index (χ0v) is 12.6. The normalized spacial score (nSPS) is 19.3. The van der Waals surface area contributed by atoms with Gasteiger partial charge in [0.25, 0.3) is 0 Å². The van der Waals surface area contributed by atoms with Crippen LogP contribution in [0.25, 0.3) is 0 Å². The van der Waals surface area contributed by atoms with E-state index >= 15 is 0 Å². The molecule has 0 radical (unpaired) electrons. The predicted octanol–water partition coefficient (Wildman–Crippen LogP) is 3.51. The lowest BCUT2D eigenvalue weighted by Gasteiger charge is -2.36. The number of piperidine rings is 1. The number of nitrogens with one attached hydrogen (secondary N) is 1. The summed E-state index contributed by atoms with van der Waals surface area (Å²) in [6, 6.07) is 9.42. The first-order chi connectivity index (χ1) is 8.20. The van der Waals surface area contributed by atoms with Crippen LogP contribution in [0.3, 0.4) is 0 Å². The molecule has 2 rings (SSSR count). The molecule has 0 bridgehead atoms. The first-order valence-electron chi connectivity index (χ1n) is 6.37. The third-order valence-corrected chi connectivity index (χ3v) is 4.09. The number of nitrogens with zero attached hydrogens (tertiary/aromatic N) is 1. The molecule has 1 aromatic carbocycles. The molecule has 1 aromatic rings. The highest BCUT2D eigenvalue weighted by molar-refractivity contribution is 6.30. The molecule has 1 fully saturated rings. The number of hydrogen-bond donors (Lipinski definition) is 1. The average Bonchev–Trinajstić information content (AvgIpc) is 2.39. The van der Waals surface area contributed by atoms with Crippen molar-refractivity contribution in [2.45, 2.75) is 31.8 Å². The first kappa shape index (κ1) is 15.8. The van der Waals surface area contributed by atoms with Crippen molar-refractivity contribution in [3.05, 3.63) is 34.9 Å². The van der Waals surface area contributed by atoms with Crippen LogP contribution in [-0.2, 0) is 0 Å². The minimum absolute atomic E-state index is 0. The van der Waals surface area contributed by atoms with Crippen molar-refractivity contribution in [1.29, 1.82) is 0 Å². The molecule has 1 aliphatic rings. The highest BCUT2D eigenvalue weighted by Gasteiger charge is 2.22. The van der Waals surface area contributed by atoms with E-state index in [4.69, 9.17) is 11.6 Å². The molecule has 1 N–H and O–H groups in total. The van der Waals surface area contributed by atoms with Crippen LogP contribution in [0.15, 0.2) is 24.3 Å². The second-order valence-electron chi connectivity index (χ2n) is 4.83. The lowest BCUT2D eigenvalue weighted by atomic mass is 10.0. The SMILES string of the molecule is CNC1CCN(C(C)c2ccc(Cl)cc2)CC1.Cl. The van der Waals surface area contributed by atoms with Crippen LogP contribution in [0, 0.1) is 0 Å². The molecule has 1 aliphatic heterocycles. The molecular formula is C14H22Cl2N2. The molecule has 1 atom stereocenters. The van der Waals surface area contributed by atoms with Gasteiger partial charge in [-0.15, -0.1) is 12.4 Å². The van der Waals surface area contributed by atoms with E-state index in [2.05, 4.69) is 36.3 Å². The lowest BCUT2D eigenvalue weighted by Crippen LogP contribution is -2.42. The minimum Gasteiger partial charge on any atom is -0.317 e. The van der Waals surface area contributed by atoms with Crippen molar-refractivity contribution in [3.8, 4) is 0 Å². The zero-order valence-electron chi connectivity index (χ0n) is 11.0. The van der Waals surface area contributed by atoms with Gasteiger partial charge in [0, 0.05) is 30.2 Å². The Labute approximate surface area is 121 Å². The molecule has 0 amide bonds. The van der Waals surface area contributed by atoms with Gasteiger partial charge in [0.15, 0.2) is 0 Å². The van der Waals surface area contributed by atoms with Gasteiger partial charge in [-0.2, -0.15) is 0 Å². The molecule has 0 aromatic heterocycles. The summed E-state index contributed by atoms with van der Waals surface area (Å²) in [5.41, 5.74) is 1.36. The molecule has 1 saturated heterocycles. The van der Waals surface area contributed by atoms with E-state index in [0.29, 0.717) is 12.1 Å². The van der Waals surface area contributed by atoms with E-state index in [1.165, 1.54) is 31.5 Å². The van der Waals surface area contributed by atoms with Crippen LogP contribution in [0.4, 0.5) is 0 Å². The van der Waals surface area contributed by atoms with Crippen LogP contribution >= 0.6 is 24.0 Å². The second-order valence-corrected chi connectivity index (χ2v) is 5.26. The summed E-state index contributed by atoms with van der Waals surface area (Å²) in [5, 5.41) is 4.18. The summed E-state index contributed by atoms with van der Waals surface area (Å²) < 4.78 is 0. The number of likely N-dealkylation sites (tertiary alicyclic amines) is 1. The van der Waals surface area contributed by atoms with Crippen LogP contribution in [-0.4, -0.2) is 31.1 Å². The molecule has 4 heteroatoms. The van der Waals surface area contributed by atoms with Gasteiger partial charge in [0.2, 0.25) is 0 Å². The predicted molar refractivity (Wildman–Crippen MR) is 80.8 cm³/mol.